The Morgan fingerprint density at radius 2 is 1.72 bits per heavy atom. The number of benzene rings is 1. The standard InChI is InChI=1S/C29H40O3/c1-5-18-6-8-19(9-7-18)14-20-10-12-28(17-20)13-11-21-15-22-25-23(30)16-24(32-4)29(25,31)26(21,2)27(22,28)3/h6-9,16,20-22,24-25,30-31H,5,10-15,17H2,1-4H3/t20-,21+,22-,24+,25+,26-,27-,28-,29+/m0/s1. The van der Waals surface area contributed by atoms with E-state index < -0.39 is 11.7 Å². The molecule has 32 heavy (non-hydrogen) atoms. The first kappa shape index (κ1) is 21.2. The number of fused-ring (bicyclic) bond motifs is 2. The van der Waals surface area contributed by atoms with Crippen LogP contribution in [0.4, 0.5) is 0 Å². The first-order chi connectivity index (χ1) is 15.2. The summed E-state index contributed by atoms with van der Waals surface area (Å²) in [6.45, 7) is 7.09. The molecule has 9 atom stereocenters. The molecule has 1 aromatic carbocycles. The Morgan fingerprint density at radius 1 is 1.03 bits per heavy atom. The zero-order chi connectivity index (χ0) is 22.5. The number of methoxy groups -OCH3 is 1. The van der Waals surface area contributed by atoms with E-state index in [0.717, 1.165) is 18.8 Å². The maximum Gasteiger partial charge on any atom is 0.111 e. The highest BCUT2D eigenvalue weighted by Crippen LogP contribution is 2.86. The van der Waals surface area contributed by atoms with Crippen LogP contribution in [0.5, 0.6) is 0 Å². The van der Waals surface area contributed by atoms with Gasteiger partial charge in [-0.3, -0.25) is 0 Å². The Labute approximate surface area is 193 Å². The Kier molecular flexibility index (Phi) is 4.40. The minimum atomic E-state index is -0.977. The molecule has 0 heterocycles. The van der Waals surface area contributed by atoms with Crippen LogP contribution in [0.25, 0.3) is 0 Å². The van der Waals surface area contributed by atoms with Crippen molar-refractivity contribution in [1.29, 1.82) is 0 Å². The zero-order valence-electron chi connectivity index (χ0n) is 20.2. The van der Waals surface area contributed by atoms with E-state index in [-0.39, 0.29) is 22.2 Å². The summed E-state index contributed by atoms with van der Waals surface area (Å²) < 4.78 is 5.81. The average molecular weight is 437 g/mol. The quantitative estimate of drug-likeness (QED) is 0.622. The minimum absolute atomic E-state index is 0.0438. The monoisotopic (exact) mass is 436 g/mol. The van der Waals surface area contributed by atoms with Gasteiger partial charge in [-0.2, -0.15) is 0 Å². The van der Waals surface area contributed by atoms with Crippen LogP contribution < -0.4 is 0 Å². The van der Waals surface area contributed by atoms with E-state index in [1.54, 1.807) is 7.11 Å². The highest BCUT2D eigenvalue weighted by molar-refractivity contribution is 5.41. The van der Waals surface area contributed by atoms with Crippen LogP contribution >= 0.6 is 0 Å². The van der Waals surface area contributed by atoms with Gasteiger partial charge in [-0.25, -0.2) is 0 Å². The summed E-state index contributed by atoms with van der Waals surface area (Å²) in [6, 6.07) is 9.26. The molecule has 6 rings (SSSR count). The van der Waals surface area contributed by atoms with Crippen LogP contribution in [0, 0.1) is 39.9 Å². The maximum absolute atomic E-state index is 12.3. The number of rotatable bonds is 4. The first-order valence-electron chi connectivity index (χ1n) is 13.0. The normalized spacial score (nSPS) is 50.8. The van der Waals surface area contributed by atoms with Gasteiger partial charge < -0.3 is 14.9 Å². The number of hydrogen-bond acceptors (Lipinski definition) is 3. The molecule has 5 aliphatic carbocycles. The molecule has 0 radical (unpaired) electrons. The first-order valence-corrected chi connectivity index (χ1v) is 13.0. The van der Waals surface area contributed by atoms with Crippen molar-refractivity contribution in [2.75, 3.05) is 7.11 Å². The van der Waals surface area contributed by atoms with E-state index >= 15 is 0 Å². The lowest BCUT2D eigenvalue weighted by Crippen LogP contribution is -2.64. The third kappa shape index (κ3) is 2.17. The van der Waals surface area contributed by atoms with Crippen LogP contribution in [0.3, 0.4) is 0 Å². The van der Waals surface area contributed by atoms with Crippen molar-refractivity contribution in [3.05, 3.63) is 47.2 Å². The fourth-order valence-corrected chi connectivity index (χ4v) is 10.4. The van der Waals surface area contributed by atoms with E-state index in [0.29, 0.717) is 17.6 Å². The topological polar surface area (TPSA) is 49.7 Å². The van der Waals surface area contributed by atoms with E-state index in [1.165, 1.54) is 49.7 Å². The summed E-state index contributed by atoms with van der Waals surface area (Å²) in [5.74, 6) is 1.83. The third-order valence-electron chi connectivity index (χ3n) is 12.0. The number of ether oxygens (including phenoxy) is 1. The average Bonchev–Trinajstić information content (AvgIpc) is 3.40. The molecular weight excluding hydrogens is 396 g/mol. The molecule has 1 aromatic rings. The lowest BCUT2D eigenvalue weighted by Gasteiger charge is -2.61. The maximum atomic E-state index is 12.3. The van der Waals surface area contributed by atoms with Crippen molar-refractivity contribution in [2.24, 2.45) is 39.9 Å². The smallest absolute Gasteiger partial charge is 0.111 e. The molecule has 3 heteroatoms. The summed E-state index contributed by atoms with van der Waals surface area (Å²) in [7, 11) is 1.69. The molecule has 0 saturated heterocycles. The van der Waals surface area contributed by atoms with Gasteiger partial charge in [-0.05, 0) is 97.2 Å². The number of aliphatic hydroxyl groups excluding tert-OH is 1. The van der Waals surface area contributed by atoms with Crippen LogP contribution in [0.1, 0.15) is 70.4 Å². The molecule has 5 aliphatic rings. The van der Waals surface area contributed by atoms with Gasteiger partial charge in [-0.15, -0.1) is 0 Å². The van der Waals surface area contributed by atoms with Gasteiger partial charge in [0.05, 0.1) is 11.7 Å². The van der Waals surface area contributed by atoms with E-state index in [9.17, 15) is 10.2 Å². The molecule has 4 saturated carbocycles. The molecule has 0 amide bonds. The molecule has 174 valence electrons. The third-order valence-corrected chi connectivity index (χ3v) is 12.0. The Bertz CT molecular complexity index is 952. The van der Waals surface area contributed by atoms with Gasteiger partial charge in [0.15, 0.2) is 0 Å². The molecule has 0 aliphatic heterocycles. The van der Waals surface area contributed by atoms with Crippen LogP contribution in [-0.4, -0.2) is 29.0 Å². The van der Waals surface area contributed by atoms with Crippen molar-refractivity contribution >= 4 is 0 Å². The van der Waals surface area contributed by atoms with Gasteiger partial charge in [0.1, 0.15) is 11.7 Å². The lowest BCUT2D eigenvalue weighted by atomic mass is 9.44. The van der Waals surface area contributed by atoms with Crippen molar-refractivity contribution < 1.29 is 14.9 Å². The molecule has 3 nitrogen and oxygen atoms in total. The predicted molar refractivity (Wildman–Crippen MR) is 126 cm³/mol. The summed E-state index contributed by atoms with van der Waals surface area (Å²) in [6.07, 6.45) is 11.2. The molecule has 0 aromatic heterocycles. The Morgan fingerprint density at radius 3 is 2.41 bits per heavy atom. The molecule has 1 spiro atoms. The largest absolute Gasteiger partial charge is 0.512 e. The second-order valence-electron chi connectivity index (χ2n) is 12.3. The van der Waals surface area contributed by atoms with Gasteiger partial charge in [-0.1, -0.05) is 45.0 Å². The van der Waals surface area contributed by atoms with Gasteiger partial charge in [0.2, 0.25) is 0 Å². The molecule has 4 bridgehead atoms. The fourth-order valence-electron chi connectivity index (χ4n) is 10.4. The van der Waals surface area contributed by atoms with E-state index in [1.807, 2.05) is 6.08 Å². The second-order valence-corrected chi connectivity index (χ2v) is 12.3. The van der Waals surface area contributed by atoms with E-state index in [4.69, 9.17) is 4.74 Å². The molecule has 0 unspecified atom stereocenters. The van der Waals surface area contributed by atoms with Crippen molar-refractivity contribution in [3.8, 4) is 0 Å². The number of aryl methyl sites for hydroxylation is 1. The number of aliphatic hydroxyl groups is 2. The summed E-state index contributed by atoms with van der Waals surface area (Å²) >= 11 is 0. The number of hydrogen-bond donors (Lipinski definition) is 2. The van der Waals surface area contributed by atoms with Crippen molar-refractivity contribution in [1.82, 2.24) is 0 Å². The van der Waals surface area contributed by atoms with Crippen molar-refractivity contribution in [2.45, 2.75) is 83.8 Å². The molecule has 2 N–H and O–H groups in total. The summed E-state index contributed by atoms with van der Waals surface area (Å²) in [5.41, 5.74) is 2.01. The van der Waals surface area contributed by atoms with E-state index in [2.05, 4.69) is 45.0 Å². The van der Waals surface area contributed by atoms with Gasteiger partial charge >= 0.3 is 0 Å². The molecular formula is C29H40O3. The summed E-state index contributed by atoms with van der Waals surface area (Å²) in [5, 5.41) is 23.3. The summed E-state index contributed by atoms with van der Waals surface area (Å²) in [4.78, 5) is 0. The zero-order valence-corrected chi connectivity index (χ0v) is 20.2. The van der Waals surface area contributed by atoms with Crippen molar-refractivity contribution in [3.63, 3.8) is 0 Å². The predicted octanol–water partition coefficient (Wildman–Crippen LogP) is 5.85. The Balaban J connectivity index is 1.34. The second kappa shape index (κ2) is 6.63. The highest BCUT2D eigenvalue weighted by atomic mass is 16.5. The van der Waals surface area contributed by atoms with Crippen LogP contribution in [-0.2, 0) is 17.6 Å². The fraction of sp³-hybridized carbons (Fsp3) is 0.724. The lowest BCUT2D eigenvalue weighted by molar-refractivity contribution is -0.218. The highest BCUT2D eigenvalue weighted by Gasteiger charge is 2.86. The Hall–Kier alpha value is -1.32. The van der Waals surface area contributed by atoms with Crippen LogP contribution in [0.15, 0.2) is 36.1 Å². The van der Waals surface area contributed by atoms with Gasteiger partial charge in [0.25, 0.3) is 0 Å². The van der Waals surface area contributed by atoms with Gasteiger partial charge in [0, 0.05) is 12.5 Å². The minimum Gasteiger partial charge on any atom is -0.512 e. The molecule has 4 fully saturated rings. The SMILES string of the molecule is CCc1ccc(C[C@@H]2CC[C@]3(CC[C@@H]4C[C@H]5[C@@H]6C(O)=C[C@@H](OC)[C@]6(O)[C@]4(C)[C@]53C)C2)cc1. The van der Waals surface area contributed by atoms with Crippen LogP contribution in [0.2, 0.25) is 0 Å².